The highest BCUT2D eigenvalue weighted by Gasteiger charge is 2.19. The zero-order valence-corrected chi connectivity index (χ0v) is 44.3. The Labute approximate surface area is 419 Å². The molecule has 0 aliphatic heterocycles. The molecule has 0 rings (SSSR count). The molecule has 0 saturated heterocycles. The van der Waals surface area contributed by atoms with E-state index in [1.165, 1.54) is 109 Å². The van der Waals surface area contributed by atoms with Crippen LogP contribution in [0.15, 0.2) is 97.2 Å². The van der Waals surface area contributed by atoms with Crippen LogP contribution < -0.4 is 0 Å². The molecule has 0 spiro atoms. The number of carbonyl (C=O) groups excluding carboxylic acids is 3. The Morgan fingerprint density at radius 1 is 0.309 bits per heavy atom. The molecule has 0 N–H and O–H groups in total. The maximum atomic E-state index is 12.8. The molecule has 0 aromatic heterocycles. The zero-order valence-electron chi connectivity index (χ0n) is 44.3. The van der Waals surface area contributed by atoms with Crippen molar-refractivity contribution in [3.63, 3.8) is 0 Å². The summed E-state index contributed by atoms with van der Waals surface area (Å²) in [6, 6.07) is 0. The lowest BCUT2D eigenvalue weighted by Gasteiger charge is -2.18. The van der Waals surface area contributed by atoms with E-state index < -0.39 is 6.10 Å². The summed E-state index contributed by atoms with van der Waals surface area (Å²) in [5.74, 6) is -0.931. The first-order valence-electron chi connectivity index (χ1n) is 28.2. The van der Waals surface area contributed by atoms with Crippen LogP contribution in [0.4, 0.5) is 0 Å². The van der Waals surface area contributed by atoms with Crippen molar-refractivity contribution in [2.75, 3.05) is 13.2 Å². The molecule has 388 valence electrons. The van der Waals surface area contributed by atoms with E-state index in [9.17, 15) is 14.4 Å². The summed E-state index contributed by atoms with van der Waals surface area (Å²) in [4.78, 5) is 38.0. The van der Waals surface area contributed by atoms with Crippen molar-refractivity contribution in [3.8, 4) is 0 Å². The van der Waals surface area contributed by atoms with Gasteiger partial charge in [-0.1, -0.05) is 234 Å². The largest absolute Gasteiger partial charge is 0.462 e. The highest BCUT2D eigenvalue weighted by atomic mass is 16.6. The fourth-order valence-electron chi connectivity index (χ4n) is 7.59. The average Bonchev–Trinajstić information content (AvgIpc) is 3.34. The molecule has 0 aliphatic rings. The molecule has 0 aromatic carbocycles. The van der Waals surface area contributed by atoms with Gasteiger partial charge in [0.05, 0.1) is 0 Å². The van der Waals surface area contributed by atoms with Gasteiger partial charge in [0.25, 0.3) is 0 Å². The maximum Gasteiger partial charge on any atom is 0.306 e. The molecule has 0 heterocycles. The van der Waals surface area contributed by atoms with Crippen molar-refractivity contribution in [2.24, 2.45) is 0 Å². The molecule has 1 unspecified atom stereocenters. The van der Waals surface area contributed by atoms with E-state index in [4.69, 9.17) is 14.2 Å². The van der Waals surface area contributed by atoms with Gasteiger partial charge in [0.2, 0.25) is 0 Å². The van der Waals surface area contributed by atoms with Gasteiger partial charge in [0.1, 0.15) is 13.2 Å². The molecule has 6 heteroatoms. The Hall–Kier alpha value is -3.67. The average molecular weight is 946 g/mol. The fourth-order valence-corrected chi connectivity index (χ4v) is 7.59. The second-order valence-electron chi connectivity index (χ2n) is 18.5. The zero-order chi connectivity index (χ0) is 49.3. The predicted molar refractivity (Wildman–Crippen MR) is 293 cm³/mol. The highest BCUT2D eigenvalue weighted by molar-refractivity contribution is 5.71. The second kappa shape index (κ2) is 55.9. The normalized spacial score (nSPS) is 12.8. The molecule has 6 nitrogen and oxygen atoms in total. The third-order valence-corrected chi connectivity index (χ3v) is 11.8. The highest BCUT2D eigenvalue weighted by Crippen LogP contribution is 2.14. The minimum absolute atomic E-state index is 0.0893. The van der Waals surface area contributed by atoms with Gasteiger partial charge in [-0.05, 0) is 103 Å². The van der Waals surface area contributed by atoms with Crippen molar-refractivity contribution >= 4 is 17.9 Å². The third-order valence-electron chi connectivity index (χ3n) is 11.8. The lowest BCUT2D eigenvalue weighted by molar-refractivity contribution is -0.167. The molecule has 0 fully saturated rings. The lowest BCUT2D eigenvalue weighted by atomic mass is 10.1. The number of unbranched alkanes of at least 4 members (excludes halogenated alkanes) is 23. The Kier molecular flexibility index (Phi) is 52.9. The standard InChI is InChI=1S/C62H104O6/c1-4-7-10-13-16-19-21-23-25-27-28-29-30-31-32-33-34-36-37-39-41-43-46-49-52-55-61(64)67-58-59(57-66-60(63)54-51-48-45-18-15-12-9-6-3)68-62(65)56-53-50-47-44-42-40-38-35-26-24-22-20-17-14-11-8-5-2/h7,10,16,19,23-26,28-29,31-32,34,36,39,41,59H,4-6,8-9,11-15,17-18,20-22,27,30,33,35,37-38,40,42-58H2,1-3H3/b10-7-,19-16-,25-23-,26-24-,29-28-,32-31-,36-34-,41-39-. The van der Waals surface area contributed by atoms with E-state index in [1.54, 1.807) is 0 Å². The summed E-state index contributed by atoms with van der Waals surface area (Å²) in [6.07, 6.45) is 74.1. The summed E-state index contributed by atoms with van der Waals surface area (Å²) in [6.45, 7) is 6.46. The number of ether oxygens (including phenoxy) is 3. The fraction of sp³-hybridized carbons (Fsp3) is 0.694. The SMILES string of the molecule is CC/C=C\C/C=C\C/C=C\C/C=C\C/C=C\C/C=C\C/C=C\CCCCCC(=O)OCC(COC(=O)CCCCCCCCCC)OC(=O)CCCCCCCCC/C=C\CCCCCCCC. The molecular formula is C62H104O6. The van der Waals surface area contributed by atoms with Crippen LogP contribution in [0.1, 0.15) is 258 Å². The van der Waals surface area contributed by atoms with Crippen LogP contribution in [0.2, 0.25) is 0 Å². The van der Waals surface area contributed by atoms with Crippen molar-refractivity contribution < 1.29 is 28.6 Å². The van der Waals surface area contributed by atoms with Crippen LogP contribution in [0.25, 0.3) is 0 Å². The molecule has 0 radical (unpaired) electrons. The van der Waals surface area contributed by atoms with Gasteiger partial charge < -0.3 is 14.2 Å². The minimum Gasteiger partial charge on any atom is -0.462 e. The molecule has 0 aromatic rings. The number of carbonyl (C=O) groups is 3. The van der Waals surface area contributed by atoms with Gasteiger partial charge in [-0.25, -0.2) is 0 Å². The Morgan fingerprint density at radius 3 is 0.926 bits per heavy atom. The van der Waals surface area contributed by atoms with E-state index in [1.807, 2.05) is 0 Å². The first-order valence-corrected chi connectivity index (χ1v) is 28.2. The number of esters is 3. The van der Waals surface area contributed by atoms with Crippen LogP contribution in [0.5, 0.6) is 0 Å². The quantitative estimate of drug-likeness (QED) is 0.0262. The molecule has 0 aliphatic carbocycles. The van der Waals surface area contributed by atoms with Crippen LogP contribution in [-0.2, 0) is 28.6 Å². The maximum absolute atomic E-state index is 12.8. The van der Waals surface area contributed by atoms with Crippen LogP contribution in [-0.4, -0.2) is 37.2 Å². The minimum atomic E-state index is -0.792. The van der Waals surface area contributed by atoms with E-state index >= 15 is 0 Å². The van der Waals surface area contributed by atoms with Crippen molar-refractivity contribution in [2.45, 2.75) is 264 Å². The van der Waals surface area contributed by atoms with Gasteiger partial charge in [-0.3, -0.25) is 14.4 Å². The number of rotatable bonds is 50. The summed E-state index contributed by atoms with van der Waals surface area (Å²) < 4.78 is 16.8. The van der Waals surface area contributed by atoms with Crippen molar-refractivity contribution in [1.29, 1.82) is 0 Å². The summed E-state index contributed by atoms with van der Waals surface area (Å²) in [5.41, 5.74) is 0. The van der Waals surface area contributed by atoms with Crippen molar-refractivity contribution in [1.82, 2.24) is 0 Å². The van der Waals surface area contributed by atoms with E-state index in [0.29, 0.717) is 19.3 Å². The Morgan fingerprint density at radius 2 is 0.574 bits per heavy atom. The third kappa shape index (κ3) is 53.3. The first-order chi connectivity index (χ1) is 33.5. The van der Waals surface area contributed by atoms with Gasteiger partial charge in [-0.2, -0.15) is 0 Å². The summed E-state index contributed by atoms with van der Waals surface area (Å²) in [5, 5.41) is 0. The van der Waals surface area contributed by atoms with Gasteiger partial charge in [0.15, 0.2) is 6.10 Å². The topological polar surface area (TPSA) is 78.9 Å². The Bertz CT molecular complexity index is 1360. The monoisotopic (exact) mass is 945 g/mol. The summed E-state index contributed by atoms with van der Waals surface area (Å²) in [7, 11) is 0. The van der Waals surface area contributed by atoms with Gasteiger partial charge >= 0.3 is 17.9 Å². The van der Waals surface area contributed by atoms with Crippen molar-refractivity contribution in [3.05, 3.63) is 97.2 Å². The van der Waals surface area contributed by atoms with E-state index in [0.717, 1.165) is 109 Å². The van der Waals surface area contributed by atoms with Gasteiger partial charge in [-0.15, -0.1) is 0 Å². The van der Waals surface area contributed by atoms with E-state index in [-0.39, 0.29) is 31.1 Å². The molecule has 0 amide bonds. The van der Waals surface area contributed by atoms with Crippen LogP contribution in [0, 0.1) is 0 Å². The van der Waals surface area contributed by atoms with Crippen LogP contribution >= 0.6 is 0 Å². The second-order valence-corrected chi connectivity index (χ2v) is 18.5. The molecule has 1 atom stereocenters. The smallest absolute Gasteiger partial charge is 0.306 e. The first kappa shape index (κ1) is 64.3. The number of hydrogen-bond acceptors (Lipinski definition) is 6. The predicted octanol–water partition coefficient (Wildman–Crippen LogP) is 18.9. The number of allylic oxidation sites excluding steroid dienone is 16. The molecular weight excluding hydrogens is 841 g/mol. The van der Waals surface area contributed by atoms with Gasteiger partial charge in [0, 0.05) is 19.3 Å². The molecule has 68 heavy (non-hydrogen) atoms. The van der Waals surface area contributed by atoms with Crippen LogP contribution in [0.3, 0.4) is 0 Å². The number of hydrogen-bond donors (Lipinski definition) is 0. The molecule has 0 bridgehead atoms. The lowest BCUT2D eigenvalue weighted by Crippen LogP contribution is -2.30. The summed E-state index contributed by atoms with van der Waals surface area (Å²) >= 11 is 0. The van der Waals surface area contributed by atoms with E-state index in [2.05, 4.69) is 118 Å². The molecule has 0 saturated carbocycles. The Balaban J connectivity index is 4.33.